The highest BCUT2D eigenvalue weighted by Gasteiger charge is 2.28. The molecule has 3 aromatic rings. The minimum absolute atomic E-state index is 0.109. The number of hydrogen-bond acceptors (Lipinski definition) is 6. The molecule has 1 unspecified atom stereocenters. The number of hydrogen-bond donors (Lipinski definition) is 2. The largest absolute Gasteiger partial charge is 0.494 e. The molecule has 1 aromatic heterocycles. The van der Waals surface area contributed by atoms with Crippen LogP contribution >= 0.6 is 0 Å². The lowest BCUT2D eigenvalue weighted by atomic mass is 10.0. The molecular weight excluding hydrogens is 420 g/mol. The van der Waals surface area contributed by atoms with Crippen molar-refractivity contribution in [2.45, 2.75) is 45.7 Å². The second-order valence-corrected chi connectivity index (χ2v) is 8.40. The van der Waals surface area contributed by atoms with Crippen LogP contribution < -0.4 is 15.4 Å². The van der Waals surface area contributed by atoms with Crippen molar-refractivity contribution in [1.82, 2.24) is 25.5 Å². The Morgan fingerprint density at radius 3 is 2.58 bits per heavy atom. The summed E-state index contributed by atoms with van der Waals surface area (Å²) >= 11 is 0. The van der Waals surface area contributed by atoms with Crippen LogP contribution in [0.3, 0.4) is 0 Å². The van der Waals surface area contributed by atoms with E-state index >= 15 is 0 Å². The van der Waals surface area contributed by atoms with Gasteiger partial charge in [0.1, 0.15) is 11.8 Å². The second-order valence-electron chi connectivity index (χ2n) is 8.40. The van der Waals surface area contributed by atoms with Gasteiger partial charge in [-0.25, -0.2) is 4.68 Å². The van der Waals surface area contributed by atoms with E-state index in [1.54, 1.807) is 30.3 Å². The standard InChI is InChI=1S/C24H28N6O3/c1-4-33-20-12-8-16(9-13-20)23(31)26-21(15(2)3)24(32)25-18-7-5-6-17(14-18)22-27-28-29-30(22)19-10-11-19/h5-9,12-15,19,21H,4,10-11H2,1-3H3,(H,25,32)(H,26,31). The maximum absolute atomic E-state index is 13.1. The van der Waals surface area contributed by atoms with E-state index in [0.717, 1.165) is 18.4 Å². The van der Waals surface area contributed by atoms with Crippen LogP contribution in [0, 0.1) is 5.92 Å². The smallest absolute Gasteiger partial charge is 0.251 e. The molecule has 9 nitrogen and oxygen atoms in total. The van der Waals surface area contributed by atoms with Crippen LogP contribution in [0.2, 0.25) is 0 Å². The number of nitrogens with zero attached hydrogens (tertiary/aromatic N) is 4. The van der Waals surface area contributed by atoms with Gasteiger partial charge in [-0.2, -0.15) is 0 Å². The van der Waals surface area contributed by atoms with Crippen molar-refractivity contribution in [3.05, 3.63) is 54.1 Å². The molecule has 4 rings (SSSR count). The van der Waals surface area contributed by atoms with Gasteiger partial charge in [0.25, 0.3) is 5.91 Å². The van der Waals surface area contributed by atoms with E-state index < -0.39 is 6.04 Å². The summed E-state index contributed by atoms with van der Waals surface area (Å²) in [5.74, 6) is 0.659. The number of carbonyl (C=O) groups excluding carboxylic acids is 2. The average Bonchev–Trinajstić information content (AvgIpc) is 3.53. The number of benzene rings is 2. The quantitative estimate of drug-likeness (QED) is 0.519. The zero-order valence-corrected chi connectivity index (χ0v) is 19.0. The maximum atomic E-state index is 13.1. The van der Waals surface area contributed by atoms with Crippen molar-refractivity contribution >= 4 is 17.5 Å². The lowest BCUT2D eigenvalue weighted by Crippen LogP contribution is -2.47. The van der Waals surface area contributed by atoms with Gasteiger partial charge >= 0.3 is 0 Å². The molecule has 1 aliphatic carbocycles. The van der Waals surface area contributed by atoms with E-state index in [-0.39, 0.29) is 17.7 Å². The highest BCUT2D eigenvalue weighted by atomic mass is 16.5. The Morgan fingerprint density at radius 1 is 1.15 bits per heavy atom. The van der Waals surface area contributed by atoms with Gasteiger partial charge in [0, 0.05) is 16.8 Å². The summed E-state index contributed by atoms with van der Waals surface area (Å²) in [6.07, 6.45) is 2.14. The molecular formula is C24H28N6O3. The summed E-state index contributed by atoms with van der Waals surface area (Å²) < 4.78 is 7.24. The molecule has 0 aliphatic heterocycles. The summed E-state index contributed by atoms with van der Waals surface area (Å²) in [5.41, 5.74) is 1.90. The van der Waals surface area contributed by atoms with Gasteiger partial charge in [0.05, 0.1) is 12.6 Å². The topological polar surface area (TPSA) is 111 Å². The molecule has 0 spiro atoms. The third-order valence-electron chi connectivity index (χ3n) is 5.44. The fourth-order valence-corrected chi connectivity index (χ4v) is 3.53. The van der Waals surface area contributed by atoms with E-state index in [4.69, 9.17) is 4.74 Å². The van der Waals surface area contributed by atoms with Crippen molar-refractivity contribution in [3.63, 3.8) is 0 Å². The molecule has 1 heterocycles. The predicted octanol–water partition coefficient (Wildman–Crippen LogP) is 3.47. The van der Waals surface area contributed by atoms with E-state index in [0.29, 0.717) is 35.5 Å². The lowest BCUT2D eigenvalue weighted by molar-refractivity contribution is -0.118. The van der Waals surface area contributed by atoms with E-state index in [9.17, 15) is 9.59 Å². The predicted molar refractivity (Wildman–Crippen MR) is 124 cm³/mol. The average molecular weight is 449 g/mol. The van der Waals surface area contributed by atoms with Crippen LogP contribution in [-0.2, 0) is 4.79 Å². The molecule has 2 N–H and O–H groups in total. The number of tetrazole rings is 1. The molecule has 0 bridgehead atoms. The van der Waals surface area contributed by atoms with Gasteiger partial charge < -0.3 is 15.4 Å². The summed E-state index contributed by atoms with van der Waals surface area (Å²) in [4.78, 5) is 25.8. The van der Waals surface area contributed by atoms with Gasteiger partial charge in [0.15, 0.2) is 5.82 Å². The second kappa shape index (κ2) is 9.81. The zero-order chi connectivity index (χ0) is 23.4. The Hall–Kier alpha value is -3.75. The minimum Gasteiger partial charge on any atom is -0.494 e. The van der Waals surface area contributed by atoms with Gasteiger partial charge in [-0.3, -0.25) is 9.59 Å². The SMILES string of the molecule is CCOc1ccc(C(=O)NC(C(=O)Nc2cccc(-c3nnnn3C3CC3)c2)C(C)C)cc1. The Bertz CT molecular complexity index is 1120. The molecule has 0 saturated heterocycles. The first-order chi connectivity index (χ1) is 16.0. The first-order valence-corrected chi connectivity index (χ1v) is 11.2. The first kappa shape index (κ1) is 22.4. The lowest BCUT2D eigenvalue weighted by Gasteiger charge is -2.22. The zero-order valence-electron chi connectivity index (χ0n) is 19.0. The molecule has 172 valence electrons. The Labute approximate surface area is 192 Å². The molecule has 2 aromatic carbocycles. The normalized spacial score (nSPS) is 14.1. The van der Waals surface area contributed by atoms with E-state index in [2.05, 4.69) is 26.2 Å². The highest BCUT2D eigenvalue weighted by molar-refractivity contribution is 6.01. The van der Waals surface area contributed by atoms with Crippen LogP contribution in [0.1, 0.15) is 50.0 Å². The van der Waals surface area contributed by atoms with Crippen molar-refractivity contribution in [1.29, 1.82) is 0 Å². The molecule has 1 aliphatic rings. The summed E-state index contributed by atoms with van der Waals surface area (Å²) in [7, 11) is 0. The number of amides is 2. The molecule has 9 heteroatoms. The van der Waals surface area contributed by atoms with Crippen LogP contribution in [0.5, 0.6) is 5.75 Å². The van der Waals surface area contributed by atoms with Crippen LogP contribution in [-0.4, -0.2) is 44.7 Å². The van der Waals surface area contributed by atoms with Crippen molar-refractivity contribution in [3.8, 4) is 17.1 Å². The number of rotatable bonds is 9. The molecule has 1 saturated carbocycles. The monoisotopic (exact) mass is 448 g/mol. The Balaban J connectivity index is 1.45. The van der Waals surface area contributed by atoms with Crippen molar-refractivity contribution in [2.24, 2.45) is 5.92 Å². The first-order valence-electron chi connectivity index (χ1n) is 11.2. The van der Waals surface area contributed by atoms with Crippen molar-refractivity contribution < 1.29 is 14.3 Å². The van der Waals surface area contributed by atoms with Crippen LogP contribution in [0.4, 0.5) is 5.69 Å². The summed E-state index contributed by atoms with van der Waals surface area (Å²) in [6.45, 7) is 6.24. The molecule has 0 radical (unpaired) electrons. The maximum Gasteiger partial charge on any atom is 0.251 e. The van der Waals surface area contributed by atoms with Gasteiger partial charge in [-0.1, -0.05) is 26.0 Å². The van der Waals surface area contributed by atoms with E-state index in [1.807, 2.05) is 43.7 Å². The molecule has 2 amide bonds. The van der Waals surface area contributed by atoms with E-state index in [1.165, 1.54) is 0 Å². The third kappa shape index (κ3) is 5.36. The van der Waals surface area contributed by atoms with Crippen molar-refractivity contribution in [2.75, 3.05) is 11.9 Å². The third-order valence-corrected chi connectivity index (χ3v) is 5.44. The number of carbonyl (C=O) groups is 2. The Morgan fingerprint density at radius 2 is 1.91 bits per heavy atom. The summed E-state index contributed by atoms with van der Waals surface area (Å²) in [5, 5.41) is 17.8. The number of nitrogens with one attached hydrogen (secondary N) is 2. The minimum atomic E-state index is -0.704. The fourth-order valence-electron chi connectivity index (χ4n) is 3.53. The number of ether oxygens (including phenoxy) is 1. The summed E-state index contributed by atoms with van der Waals surface area (Å²) in [6, 6.07) is 13.9. The van der Waals surface area contributed by atoms with Crippen LogP contribution in [0.25, 0.3) is 11.4 Å². The molecule has 1 fully saturated rings. The number of anilines is 1. The molecule has 33 heavy (non-hydrogen) atoms. The number of aromatic nitrogens is 4. The van der Waals surface area contributed by atoms with Gasteiger partial charge in [-0.15, -0.1) is 5.10 Å². The Kier molecular flexibility index (Phi) is 6.67. The van der Waals surface area contributed by atoms with Gasteiger partial charge in [-0.05, 0) is 72.5 Å². The fraction of sp³-hybridized carbons (Fsp3) is 0.375. The molecule has 1 atom stereocenters. The van der Waals surface area contributed by atoms with Gasteiger partial charge in [0.2, 0.25) is 5.91 Å². The van der Waals surface area contributed by atoms with Crippen LogP contribution in [0.15, 0.2) is 48.5 Å². The highest BCUT2D eigenvalue weighted by Crippen LogP contribution is 2.36.